The highest BCUT2D eigenvalue weighted by Gasteiger charge is 2.21. The van der Waals surface area contributed by atoms with Gasteiger partial charge in [0.05, 0.1) is 18.6 Å². The maximum atomic E-state index is 12.9. The Kier molecular flexibility index (Phi) is 6.58. The second kappa shape index (κ2) is 7.95. The van der Waals surface area contributed by atoms with Crippen molar-refractivity contribution >= 4 is 5.91 Å². The third-order valence-corrected chi connectivity index (χ3v) is 2.72. The number of hydrogen-bond donors (Lipinski definition) is 2. The zero-order valence-corrected chi connectivity index (χ0v) is 12.7. The van der Waals surface area contributed by atoms with Gasteiger partial charge in [0, 0.05) is 19.2 Å². The van der Waals surface area contributed by atoms with Crippen molar-refractivity contribution in [3.63, 3.8) is 0 Å². The number of hydrogen-bond acceptors (Lipinski definition) is 4. The third-order valence-electron chi connectivity index (χ3n) is 2.72. The lowest BCUT2D eigenvalue weighted by Gasteiger charge is -2.27. The minimum absolute atomic E-state index is 0.147. The number of amides is 1. The molecule has 6 heteroatoms. The van der Waals surface area contributed by atoms with Crippen LogP contribution in [0.1, 0.15) is 13.3 Å². The Bertz CT molecular complexity index is 464. The van der Waals surface area contributed by atoms with Crippen molar-refractivity contribution in [2.75, 3.05) is 33.8 Å². The quantitative estimate of drug-likeness (QED) is 0.752. The van der Waals surface area contributed by atoms with E-state index in [0.717, 1.165) is 0 Å². The lowest BCUT2D eigenvalue weighted by atomic mass is 10.1. The fraction of sp³-hybridized carbons (Fsp3) is 0.533. The van der Waals surface area contributed by atoms with Gasteiger partial charge in [0.2, 0.25) is 5.91 Å². The first kappa shape index (κ1) is 17.4. The lowest BCUT2D eigenvalue weighted by Crippen LogP contribution is -2.47. The smallest absolute Gasteiger partial charge is 0.223 e. The molecule has 1 atom stereocenters. The Morgan fingerprint density at radius 2 is 2.19 bits per heavy atom. The molecule has 0 aliphatic heterocycles. The number of halogens is 1. The molecule has 1 aromatic rings. The van der Waals surface area contributed by atoms with Gasteiger partial charge in [-0.3, -0.25) is 4.79 Å². The number of aliphatic hydroxyl groups is 1. The summed E-state index contributed by atoms with van der Waals surface area (Å²) in [6.45, 7) is 2.44. The fourth-order valence-electron chi connectivity index (χ4n) is 1.93. The number of carbonyl (C=O) groups is 1. The van der Waals surface area contributed by atoms with Crippen molar-refractivity contribution in [3.8, 4) is 5.75 Å². The topological polar surface area (TPSA) is 61.8 Å². The summed E-state index contributed by atoms with van der Waals surface area (Å²) in [4.78, 5) is 13.5. The summed E-state index contributed by atoms with van der Waals surface area (Å²) in [5.74, 6) is -0.204. The van der Waals surface area contributed by atoms with Gasteiger partial charge in [0.15, 0.2) is 0 Å². The number of nitrogens with one attached hydrogen (secondary N) is 1. The molecule has 1 aromatic carbocycles. The molecule has 2 N–H and O–H groups in total. The van der Waals surface area contributed by atoms with E-state index in [9.17, 15) is 14.3 Å². The van der Waals surface area contributed by atoms with E-state index in [1.54, 1.807) is 19.1 Å². The highest BCUT2D eigenvalue weighted by atomic mass is 19.1. The highest BCUT2D eigenvalue weighted by Crippen LogP contribution is 2.12. The zero-order chi connectivity index (χ0) is 15.9. The maximum absolute atomic E-state index is 12.9. The molecule has 1 unspecified atom stereocenters. The van der Waals surface area contributed by atoms with E-state index < -0.39 is 5.60 Å². The zero-order valence-electron chi connectivity index (χ0n) is 12.7. The van der Waals surface area contributed by atoms with Gasteiger partial charge in [-0.05, 0) is 33.2 Å². The molecule has 0 fully saturated rings. The first-order valence-corrected chi connectivity index (χ1v) is 6.81. The van der Waals surface area contributed by atoms with E-state index in [-0.39, 0.29) is 31.3 Å². The molecule has 0 saturated heterocycles. The summed E-state index contributed by atoms with van der Waals surface area (Å²) in [7, 11) is 3.70. The van der Waals surface area contributed by atoms with Crippen LogP contribution in [0.3, 0.4) is 0 Å². The van der Waals surface area contributed by atoms with Gasteiger partial charge in [-0.2, -0.15) is 0 Å². The Balaban J connectivity index is 2.25. The van der Waals surface area contributed by atoms with E-state index in [2.05, 4.69) is 5.32 Å². The predicted molar refractivity (Wildman–Crippen MR) is 78.7 cm³/mol. The third kappa shape index (κ3) is 7.63. The average molecular weight is 298 g/mol. The number of carbonyl (C=O) groups excluding carboxylic acids is 1. The van der Waals surface area contributed by atoms with E-state index in [0.29, 0.717) is 12.3 Å². The standard InChI is InChI=1S/C15H23FN2O3/c1-15(20,11-18(2)3)10-17-14(19)7-8-21-13-6-4-5-12(16)9-13/h4-6,9,20H,7-8,10-11H2,1-3H3,(H,17,19). The van der Waals surface area contributed by atoms with Crippen LogP contribution >= 0.6 is 0 Å². The normalized spacial score (nSPS) is 13.8. The number of likely N-dealkylation sites (N-methyl/N-ethyl adjacent to an activating group) is 1. The van der Waals surface area contributed by atoms with Crippen molar-refractivity contribution in [2.24, 2.45) is 0 Å². The van der Waals surface area contributed by atoms with E-state index in [1.165, 1.54) is 12.1 Å². The molecule has 0 heterocycles. The van der Waals surface area contributed by atoms with Crippen LogP contribution in [0.15, 0.2) is 24.3 Å². The Labute approximate surface area is 124 Å². The molecule has 0 radical (unpaired) electrons. The molecular weight excluding hydrogens is 275 g/mol. The van der Waals surface area contributed by atoms with E-state index in [4.69, 9.17) is 4.74 Å². The summed E-state index contributed by atoms with van der Waals surface area (Å²) < 4.78 is 18.2. The van der Waals surface area contributed by atoms with Gasteiger partial charge in [0.1, 0.15) is 11.6 Å². The summed E-state index contributed by atoms with van der Waals surface area (Å²) in [5.41, 5.74) is -0.984. The van der Waals surface area contributed by atoms with Crippen molar-refractivity contribution in [2.45, 2.75) is 18.9 Å². The van der Waals surface area contributed by atoms with Crippen molar-refractivity contribution < 1.29 is 19.0 Å². The van der Waals surface area contributed by atoms with Gasteiger partial charge in [-0.1, -0.05) is 6.07 Å². The molecule has 21 heavy (non-hydrogen) atoms. The fourth-order valence-corrected chi connectivity index (χ4v) is 1.93. The van der Waals surface area contributed by atoms with Crippen LogP contribution in [-0.4, -0.2) is 55.3 Å². The molecule has 1 rings (SSSR count). The van der Waals surface area contributed by atoms with Gasteiger partial charge in [-0.15, -0.1) is 0 Å². The molecule has 5 nitrogen and oxygen atoms in total. The largest absolute Gasteiger partial charge is 0.493 e. The minimum Gasteiger partial charge on any atom is -0.493 e. The van der Waals surface area contributed by atoms with Crippen LogP contribution in [0.25, 0.3) is 0 Å². The Morgan fingerprint density at radius 3 is 2.81 bits per heavy atom. The Morgan fingerprint density at radius 1 is 1.48 bits per heavy atom. The van der Waals surface area contributed by atoms with Crippen LogP contribution in [0, 0.1) is 5.82 Å². The van der Waals surface area contributed by atoms with Crippen LogP contribution in [0.5, 0.6) is 5.75 Å². The van der Waals surface area contributed by atoms with Crippen LogP contribution in [-0.2, 0) is 4.79 Å². The summed E-state index contributed by atoms with van der Waals surface area (Å²) in [6.07, 6.45) is 0.147. The highest BCUT2D eigenvalue weighted by molar-refractivity contribution is 5.76. The number of ether oxygens (including phenoxy) is 1. The number of benzene rings is 1. The van der Waals surface area contributed by atoms with Gasteiger partial charge < -0.3 is 20.1 Å². The van der Waals surface area contributed by atoms with Crippen LogP contribution < -0.4 is 10.1 Å². The van der Waals surface area contributed by atoms with E-state index in [1.807, 2.05) is 19.0 Å². The monoisotopic (exact) mass is 298 g/mol. The minimum atomic E-state index is -0.984. The SMILES string of the molecule is CN(C)CC(C)(O)CNC(=O)CCOc1cccc(F)c1. The van der Waals surface area contributed by atoms with Crippen molar-refractivity contribution in [1.82, 2.24) is 10.2 Å². The van der Waals surface area contributed by atoms with Crippen molar-refractivity contribution in [3.05, 3.63) is 30.1 Å². The first-order chi connectivity index (χ1) is 9.78. The summed E-state index contributed by atoms with van der Waals surface area (Å²) >= 11 is 0. The van der Waals surface area contributed by atoms with Crippen LogP contribution in [0.4, 0.5) is 4.39 Å². The number of nitrogens with zero attached hydrogens (tertiary/aromatic N) is 1. The molecule has 0 spiro atoms. The summed E-state index contributed by atoms with van der Waals surface area (Å²) in [5, 5.41) is 12.7. The molecule has 0 aromatic heterocycles. The molecule has 0 saturated carbocycles. The molecular formula is C15H23FN2O3. The predicted octanol–water partition coefficient (Wildman–Crippen LogP) is 1.02. The Hall–Kier alpha value is -1.66. The maximum Gasteiger partial charge on any atom is 0.223 e. The van der Waals surface area contributed by atoms with E-state index >= 15 is 0 Å². The second-order valence-electron chi connectivity index (χ2n) is 5.57. The van der Waals surface area contributed by atoms with Crippen LogP contribution in [0.2, 0.25) is 0 Å². The molecule has 0 aliphatic carbocycles. The van der Waals surface area contributed by atoms with Gasteiger partial charge >= 0.3 is 0 Å². The first-order valence-electron chi connectivity index (χ1n) is 6.81. The van der Waals surface area contributed by atoms with Gasteiger partial charge in [-0.25, -0.2) is 4.39 Å². The molecule has 118 valence electrons. The average Bonchev–Trinajstić information content (AvgIpc) is 2.35. The molecule has 0 aliphatic rings. The van der Waals surface area contributed by atoms with Crippen molar-refractivity contribution in [1.29, 1.82) is 0 Å². The lowest BCUT2D eigenvalue weighted by molar-refractivity contribution is -0.122. The summed E-state index contributed by atoms with van der Waals surface area (Å²) in [6, 6.07) is 5.76. The second-order valence-corrected chi connectivity index (χ2v) is 5.57. The number of rotatable bonds is 8. The van der Waals surface area contributed by atoms with Gasteiger partial charge in [0.25, 0.3) is 0 Å². The molecule has 0 bridgehead atoms. The molecule has 1 amide bonds.